The largest absolute Gasteiger partial charge is 0.328 e. The molecule has 0 spiro atoms. The summed E-state index contributed by atoms with van der Waals surface area (Å²) in [6.07, 6.45) is 3.38. The minimum absolute atomic E-state index is 0.229. The Morgan fingerprint density at radius 1 is 1.73 bits per heavy atom. The van der Waals surface area contributed by atoms with Crippen molar-refractivity contribution >= 4 is 7.60 Å². The van der Waals surface area contributed by atoms with Crippen LogP contribution in [0.15, 0.2) is 12.7 Å². The molecule has 0 aliphatic heterocycles. The summed E-state index contributed by atoms with van der Waals surface area (Å²) >= 11 is 0. The molecule has 1 unspecified atom stereocenters. The van der Waals surface area contributed by atoms with E-state index in [-0.39, 0.29) is 6.16 Å². The van der Waals surface area contributed by atoms with Gasteiger partial charge in [-0.15, -0.1) is 6.58 Å². The Morgan fingerprint density at radius 3 is 2.82 bits per heavy atom. The van der Waals surface area contributed by atoms with Gasteiger partial charge >= 0.3 is 7.60 Å². The van der Waals surface area contributed by atoms with E-state index in [4.69, 9.17) is 4.89 Å². The van der Waals surface area contributed by atoms with Gasteiger partial charge in [0, 0.05) is 0 Å². The van der Waals surface area contributed by atoms with Crippen molar-refractivity contribution in [1.29, 1.82) is 0 Å². The van der Waals surface area contributed by atoms with Crippen LogP contribution in [0.25, 0.3) is 0 Å². The van der Waals surface area contributed by atoms with Gasteiger partial charge in [0.25, 0.3) is 0 Å². The van der Waals surface area contributed by atoms with Crippen LogP contribution in [0.2, 0.25) is 0 Å². The van der Waals surface area contributed by atoms with E-state index in [1.165, 1.54) is 0 Å². The Hall–Kier alpha value is -0.110. The van der Waals surface area contributed by atoms with Gasteiger partial charge in [0.15, 0.2) is 0 Å². The molecule has 0 saturated carbocycles. The van der Waals surface area contributed by atoms with Crippen LogP contribution < -0.4 is 0 Å². The SMILES string of the molecule is C=CCCCP(=O)(O)OCC. The number of allylic oxidation sites excluding steroid dienone is 1. The third-order valence-corrected chi connectivity index (χ3v) is 2.72. The van der Waals surface area contributed by atoms with Crippen molar-refractivity contribution in [3.05, 3.63) is 12.7 Å². The van der Waals surface area contributed by atoms with E-state index in [1.54, 1.807) is 13.0 Å². The number of hydrogen-bond donors (Lipinski definition) is 1. The van der Waals surface area contributed by atoms with Gasteiger partial charge in [-0.2, -0.15) is 0 Å². The molecule has 0 fully saturated rings. The highest BCUT2D eigenvalue weighted by Crippen LogP contribution is 2.42. The molecule has 1 N–H and O–H groups in total. The summed E-state index contributed by atoms with van der Waals surface area (Å²) < 4.78 is 15.6. The van der Waals surface area contributed by atoms with E-state index in [1.807, 2.05) is 0 Å². The van der Waals surface area contributed by atoms with E-state index < -0.39 is 7.60 Å². The van der Waals surface area contributed by atoms with Crippen molar-refractivity contribution in [1.82, 2.24) is 0 Å². The first kappa shape index (κ1) is 10.9. The fourth-order valence-electron chi connectivity index (χ4n) is 0.702. The van der Waals surface area contributed by atoms with E-state index in [9.17, 15) is 4.57 Å². The van der Waals surface area contributed by atoms with Crippen LogP contribution in [-0.2, 0) is 9.09 Å². The number of rotatable bonds is 6. The monoisotopic (exact) mass is 178 g/mol. The van der Waals surface area contributed by atoms with Crippen molar-refractivity contribution in [2.75, 3.05) is 12.8 Å². The molecule has 0 rings (SSSR count). The second-order valence-corrected chi connectivity index (χ2v) is 4.19. The van der Waals surface area contributed by atoms with Crippen LogP contribution in [0.3, 0.4) is 0 Å². The third kappa shape index (κ3) is 6.29. The molecular formula is C7H15O3P. The Bertz CT molecular complexity index is 156. The highest BCUT2D eigenvalue weighted by Gasteiger charge is 2.16. The Morgan fingerprint density at radius 2 is 2.36 bits per heavy atom. The van der Waals surface area contributed by atoms with Gasteiger partial charge < -0.3 is 9.42 Å². The van der Waals surface area contributed by atoms with Crippen LogP contribution in [0.1, 0.15) is 19.8 Å². The lowest BCUT2D eigenvalue weighted by molar-refractivity contribution is 0.273. The molecule has 4 heteroatoms. The van der Waals surface area contributed by atoms with E-state index in [2.05, 4.69) is 11.1 Å². The fraction of sp³-hybridized carbons (Fsp3) is 0.714. The summed E-state index contributed by atoms with van der Waals surface area (Å²) in [7, 11) is -3.27. The molecule has 0 aromatic heterocycles. The molecule has 0 radical (unpaired) electrons. The highest BCUT2D eigenvalue weighted by atomic mass is 31.2. The van der Waals surface area contributed by atoms with Gasteiger partial charge in [-0.25, -0.2) is 0 Å². The predicted octanol–water partition coefficient (Wildman–Crippen LogP) is 2.17. The van der Waals surface area contributed by atoms with Gasteiger partial charge in [0.05, 0.1) is 12.8 Å². The maximum atomic E-state index is 11.0. The first-order valence-corrected chi connectivity index (χ1v) is 5.46. The summed E-state index contributed by atoms with van der Waals surface area (Å²) in [5, 5.41) is 0. The molecule has 0 heterocycles. The fourth-order valence-corrected chi connectivity index (χ4v) is 1.82. The lowest BCUT2D eigenvalue weighted by Gasteiger charge is -2.08. The average molecular weight is 178 g/mol. The molecule has 0 amide bonds. The first-order valence-electron chi connectivity index (χ1n) is 3.69. The molecule has 0 aliphatic rings. The highest BCUT2D eigenvalue weighted by molar-refractivity contribution is 7.52. The summed E-state index contributed by atoms with van der Waals surface area (Å²) in [5.41, 5.74) is 0. The standard InChI is InChI=1S/C7H15O3P/c1-3-5-6-7-11(8,9)10-4-2/h3H,1,4-7H2,2H3,(H,8,9). The molecule has 66 valence electrons. The molecule has 1 atom stereocenters. The van der Waals surface area contributed by atoms with Crippen LogP contribution in [-0.4, -0.2) is 17.7 Å². The number of hydrogen-bond acceptors (Lipinski definition) is 2. The van der Waals surface area contributed by atoms with E-state index in [0.717, 1.165) is 6.42 Å². The molecule has 0 aromatic carbocycles. The molecular weight excluding hydrogens is 163 g/mol. The smallest absolute Gasteiger partial charge is 0.324 e. The van der Waals surface area contributed by atoms with Crippen molar-refractivity contribution in [3.8, 4) is 0 Å². The van der Waals surface area contributed by atoms with Crippen molar-refractivity contribution in [2.45, 2.75) is 19.8 Å². The topological polar surface area (TPSA) is 46.5 Å². The second kappa shape index (κ2) is 5.53. The van der Waals surface area contributed by atoms with Crippen LogP contribution in [0.4, 0.5) is 0 Å². The van der Waals surface area contributed by atoms with Gasteiger partial charge in [0.2, 0.25) is 0 Å². The van der Waals surface area contributed by atoms with Gasteiger partial charge in [-0.3, -0.25) is 4.57 Å². The van der Waals surface area contributed by atoms with Crippen LogP contribution in [0, 0.1) is 0 Å². The Labute approximate surface area is 67.6 Å². The average Bonchev–Trinajstić information content (AvgIpc) is 1.87. The first-order chi connectivity index (χ1) is 5.12. The molecule has 3 nitrogen and oxygen atoms in total. The minimum Gasteiger partial charge on any atom is -0.324 e. The maximum absolute atomic E-state index is 11.0. The summed E-state index contributed by atoms with van der Waals surface area (Å²) in [6.45, 7) is 5.51. The van der Waals surface area contributed by atoms with Gasteiger partial charge in [-0.1, -0.05) is 6.08 Å². The third-order valence-electron chi connectivity index (χ3n) is 1.18. The zero-order valence-corrected chi connectivity index (χ0v) is 7.72. The van der Waals surface area contributed by atoms with Gasteiger partial charge in [-0.05, 0) is 19.8 Å². The van der Waals surface area contributed by atoms with Crippen molar-refractivity contribution < 1.29 is 14.0 Å². The van der Waals surface area contributed by atoms with E-state index >= 15 is 0 Å². The minimum atomic E-state index is -3.27. The van der Waals surface area contributed by atoms with Gasteiger partial charge in [0.1, 0.15) is 0 Å². The summed E-state index contributed by atoms with van der Waals surface area (Å²) in [6, 6.07) is 0. The predicted molar refractivity (Wildman–Crippen MR) is 45.7 cm³/mol. The zero-order chi connectivity index (χ0) is 8.74. The molecule has 0 aliphatic carbocycles. The van der Waals surface area contributed by atoms with Crippen molar-refractivity contribution in [3.63, 3.8) is 0 Å². The zero-order valence-electron chi connectivity index (χ0n) is 6.82. The Kier molecular flexibility index (Phi) is 5.47. The maximum Gasteiger partial charge on any atom is 0.328 e. The summed E-state index contributed by atoms with van der Waals surface area (Å²) in [5.74, 6) is 0. The second-order valence-electron chi connectivity index (χ2n) is 2.21. The van der Waals surface area contributed by atoms with Crippen LogP contribution in [0.5, 0.6) is 0 Å². The summed E-state index contributed by atoms with van der Waals surface area (Å²) in [4.78, 5) is 9.04. The van der Waals surface area contributed by atoms with Crippen LogP contribution >= 0.6 is 7.60 Å². The molecule has 11 heavy (non-hydrogen) atoms. The molecule has 0 saturated heterocycles. The molecule has 0 aromatic rings. The lowest BCUT2D eigenvalue weighted by Crippen LogP contribution is -1.93. The lowest BCUT2D eigenvalue weighted by atomic mass is 10.3. The van der Waals surface area contributed by atoms with E-state index in [0.29, 0.717) is 13.0 Å². The Balaban J connectivity index is 3.54. The number of unbranched alkanes of at least 4 members (excludes halogenated alkanes) is 1. The van der Waals surface area contributed by atoms with Crippen molar-refractivity contribution in [2.24, 2.45) is 0 Å². The quantitative estimate of drug-likeness (QED) is 0.385. The molecule has 0 bridgehead atoms. The normalized spacial score (nSPS) is 15.8.